The van der Waals surface area contributed by atoms with E-state index in [9.17, 15) is 0 Å². The van der Waals surface area contributed by atoms with Gasteiger partial charge in [0.2, 0.25) is 0 Å². The van der Waals surface area contributed by atoms with Gasteiger partial charge in [0.15, 0.2) is 0 Å². The van der Waals surface area contributed by atoms with Gasteiger partial charge < -0.3 is 9.31 Å². The van der Waals surface area contributed by atoms with Crippen LogP contribution >= 0.6 is 11.6 Å². The van der Waals surface area contributed by atoms with Crippen molar-refractivity contribution in [3.63, 3.8) is 0 Å². The zero-order chi connectivity index (χ0) is 12.8. The van der Waals surface area contributed by atoms with E-state index < -0.39 is 7.12 Å². The van der Waals surface area contributed by atoms with Gasteiger partial charge >= 0.3 is 7.12 Å². The van der Waals surface area contributed by atoms with Gasteiger partial charge in [-0.1, -0.05) is 11.6 Å². The van der Waals surface area contributed by atoms with E-state index in [1.807, 2.05) is 39.3 Å². The predicted molar refractivity (Wildman–Crippen MR) is 68.6 cm³/mol. The summed E-state index contributed by atoms with van der Waals surface area (Å²) in [5, 5.41) is 4.79. The first-order valence-corrected chi connectivity index (χ1v) is 6.23. The van der Waals surface area contributed by atoms with Crippen LogP contribution in [0.3, 0.4) is 0 Å². The largest absolute Gasteiger partial charge is 0.515 e. The molecule has 0 saturated carbocycles. The summed E-state index contributed by atoms with van der Waals surface area (Å²) in [5.41, 5.74) is 0.0843. The third kappa shape index (κ3) is 2.00. The SMILES string of the molecule is CCn1ncc(Cl)c1B1OC(C)(C)C(C)(C)O1. The molecule has 1 aliphatic heterocycles. The van der Waals surface area contributed by atoms with Crippen LogP contribution in [-0.4, -0.2) is 28.1 Å². The number of hydrogen-bond acceptors (Lipinski definition) is 3. The third-order valence-electron chi connectivity index (χ3n) is 3.61. The molecule has 0 radical (unpaired) electrons. The van der Waals surface area contributed by atoms with Crippen LogP contribution < -0.4 is 5.59 Å². The van der Waals surface area contributed by atoms with Crippen LogP contribution in [0.2, 0.25) is 5.02 Å². The number of halogens is 1. The van der Waals surface area contributed by atoms with Gasteiger partial charge in [-0.25, -0.2) is 0 Å². The van der Waals surface area contributed by atoms with E-state index in [-0.39, 0.29) is 11.2 Å². The lowest BCUT2D eigenvalue weighted by atomic mass is 9.84. The van der Waals surface area contributed by atoms with Crippen molar-refractivity contribution in [1.82, 2.24) is 9.78 Å². The molecule has 2 heterocycles. The van der Waals surface area contributed by atoms with Gasteiger partial charge in [-0.2, -0.15) is 5.10 Å². The summed E-state index contributed by atoms with van der Waals surface area (Å²) in [6.45, 7) is 10.8. The smallest absolute Gasteiger partial charge is 0.398 e. The molecular weight excluding hydrogens is 238 g/mol. The Labute approximate surface area is 107 Å². The fourth-order valence-corrected chi connectivity index (χ4v) is 2.04. The highest BCUT2D eigenvalue weighted by atomic mass is 35.5. The van der Waals surface area contributed by atoms with E-state index in [2.05, 4.69) is 5.10 Å². The summed E-state index contributed by atoms with van der Waals surface area (Å²) < 4.78 is 13.7. The van der Waals surface area contributed by atoms with E-state index in [0.717, 1.165) is 12.1 Å². The number of rotatable bonds is 2. The molecule has 0 spiro atoms. The quantitative estimate of drug-likeness (QED) is 0.758. The summed E-state index contributed by atoms with van der Waals surface area (Å²) in [6.07, 6.45) is 1.63. The fourth-order valence-electron chi connectivity index (χ4n) is 1.81. The zero-order valence-corrected chi connectivity index (χ0v) is 11.7. The molecular formula is C11H18BClN2O2. The maximum Gasteiger partial charge on any atom is 0.515 e. The van der Waals surface area contributed by atoms with Gasteiger partial charge in [0.25, 0.3) is 0 Å². The number of aryl methyl sites for hydroxylation is 1. The van der Waals surface area contributed by atoms with Crippen molar-refractivity contribution >= 4 is 24.3 Å². The van der Waals surface area contributed by atoms with E-state index in [0.29, 0.717) is 5.02 Å². The first-order chi connectivity index (χ1) is 7.78. The van der Waals surface area contributed by atoms with Crippen LogP contribution in [0.25, 0.3) is 0 Å². The van der Waals surface area contributed by atoms with Gasteiger partial charge in [0.05, 0.1) is 28.0 Å². The molecule has 0 N–H and O–H groups in total. The molecule has 0 aromatic carbocycles. The summed E-state index contributed by atoms with van der Waals surface area (Å²) in [5.74, 6) is 0. The van der Waals surface area contributed by atoms with Crippen LogP contribution in [0.4, 0.5) is 0 Å². The lowest BCUT2D eigenvalue weighted by Gasteiger charge is -2.32. The lowest BCUT2D eigenvalue weighted by molar-refractivity contribution is 0.00578. The molecule has 0 unspecified atom stereocenters. The molecule has 1 saturated heterocycles. The van der Waals surface area contributed by atoms with Crippen molar-refractivity contribution < 1.29 is 9.31 Å². The highest BCUT2D eigenvalue weighted by Gasteiger charge is 2.53. The Morgan fingerprint density at radius 2 is 1.82 bits per heavy atom. The van der Waals surface area contributed by atoms with Gasteiger partial charge in [0.1, 0.15) is 0 Å². The summed E-state index contributed by atoms with van der Waals surface area (Å²) >= 11 is 6.15. The number of nitrogens with zero attached hydrogens (tertiary/aromatic N) is 2. The van der Waals surface area contributed by atoms with Gasteiger partial charge in [-0.3, -0.25) is 4.68 Å². The molecule has 0 aliphatic carbocycles. The minimum absolute atomic E-state index is 0.357. The van der Waals surface area contributed by atoms with Crippen molar-refractivity contribution in [3.05, 3.63) is 11.2 Å². The topological polar surface area (TPSA) is 36.3 Å². The normalized spacial score (nSPS) is 22.1. The van der Waals surface area contributed by atoms with Crippen molar-refractivity contribution in [3.8, 4) is 0 Å². The van der Waals surface area contributed by atoms with Crippen LogP contribution in [0.15, 0.2) is 6.20 Å². The Hall–Kier alpha value is -0.515. The lowest BCUT2D eigenvalue weighted by Crippen LogP contribution is -2.41. The second-order valence-corrected chi connectivity index (χ2v) is 5.69. The number of aromatic nitrogens is 2. The molecule has 1 aromatic heterocycles. The summed E-state index contributed by atoms with van der Waals surface area (Å²) in [4.78, 5) is 0. The zero-order valence-electron chi connectivity index (χ0n) is 11.0. The van der Waals surface area contributed by atoms with Crippen LogP contribution in [0.1, 0.15) is 34.6 Å². The average molecular weight is 257 g/mol. The second kappa shape index (κ2) is 4.00. The highest BCUT2D eigenvalue weighted by molar-refractivity contribution is 6.64. The Balaban J connectivity index is 2.35. The van der Waals surface area contributed by atoms with Gasteiger partial charge in [-0.05, 0) is 34.6 Å². The van der Waals surface area contributed by atoms with Crippen molar-refractivity contribution in [2.75, 3.05) is 0 Å². The molecule has 4 nitrogen and oxygen atoms in total. The molecule has 1 aromatic rings. The highest BCUT2D eigenvalue weighted by Crippen LogP contribution is 2.36. The van der Waals surface area contributed by atoms with Crippen LogP contribution in [-0.2, 0) is 15.9 Å². The molecule has 1 fully saturated rings. The molecule has 1 aliphatic rings. The molecule has 2 rings (SSSR count). The van der Waals surface area contributed by atoms with E-state index in [4.69, 9.17) is 20.9 Å². The predicted octanol–water partition coefficient (Wildman–Crippen LogP) is 1.86. The van der Waals surface area contributed by atoms with Gasteiger partial charge in [0, 0.05) is 6.54 Å². The van der Waals surface area contributed by atoms with Crippen molar-refractivity contribution in [1.29, 1.82) is 0 Å². The third-order valence-corrected chi connectivity index (χ3v) is 3.90. The molecule has 0 atom stereocenters. The Morgan fingerprint density at radius 3 is 2.29 bits per heavy atom. The molecule has 94 valence electrons. The molecule has 0 bridgehead atoms. The Morgan fingerprint density at radius 1 is 1.29 bits per heavy atom. The Kier molecular flexibility index (Phi) is 3.05. The first-order valence-electron chi connectivity index (χ1n) is 5.85. The van der Waals surface area contributed by atoms with E-state index >= 15 is 0 Å². The van der Waals surface area contributed by atoms with E-state index in [1.165, 1.54) is 0 Å². The Bertz CT molecular complexity index is 415. The minimum atomic E-state index is -0.449. The van der Waals surface area contributed by atoms with Crippen LogP contribution in [0.5, 0.6) is 0 Å². The standard InChI is InChI=1S/C11H18BClN2O2/c1-6-15-9(8(13)7-14-15)12-16-10(2,3)11(4,5)17-12/h7H,6H2,1-5H3. The maximum absolute atomic E-state index is 6.15. The monoisotopic (exact) mass is 256 g/mol. The molecule has 17 heavy (non-hydrogen) atoms. The van der Waals surface area contributed by atoms with Gasteiger partial charge in [-0.15, -0.1) is 0 Å². The van der Waals surface area contributed by atoms with E-state index in [1.54, 1.807) is 6.20 Å². The molecule has 0 amide bonds. The van der Waals surface area contributed by atoms with Crippen molar-refractivity contribution in [2.24, 2.45) is 0 Å². The van der Waals surface area contributed by atoms with Crippen LogP contribution in [0, 0.1) is 0 Å². The summed E-state index contributed by atoms with van der Waals surface area (Å²) in [6, 6.07) is 0. The number of hydrogen-bond donors (Lipinski definition) is 0. The minimum Gasteiger partial charge on any atom is -0.398 e. The van der Waals surface area contributed by atoms with Crippen molar-refractivity contribution in [2.45, 2.75) is 52.4 Å². The average Bonchev–Trinajstić information content (AvgIpc) is 2.65. The first kappa shape index (κ1) is 12.9. The summed E-state index contributed by atoms with van der Waals surface area (Å²) in [7, 11) is -0.449. The second-order valence-electron chi connectivity index (χ2n) is 5.28. The fraction of sp³-hybridized carbons (Fsp3) is 0.727. The maximum atomic E-state index is 6.15. The molecule has 6 heteroatoms.